The number of aromatic nitrogens is 1. The normalized spacial score (nSPS) is 13.4. The van der Waals surface area contributed by atoms with Crippen molar-refractivity contribution in [3.05, 3.63) is 71.9 Å². The van der Waals surface area contributed by atoms with Crippen molar-refractivity contribution in [1.29, 1.82) is 0 Å². The highest BCUT2D eigenvalue weighted by Gasteiger charge is 2.23. The summed E-state index contributed by atoms with van der Waals surface area (Å²) in [6.45, 7) is 0. The number of carbonyl (C=O) groups excluding carboxylic acids is 2. The fraction of sp³-hybridized carbons (Fsp3) is 0.150. The first-order valence-corrected chi connectivity index (χ1v) is 8.27. The number of nitrogens with one attached hydrogen (secondary N) is 2. The summed E-state index contributed by atoms with van der Waals surface area (Å²) in [6, 6.07) is 16.4. The minimum Gasteiger partial charge on any atom is -0.349 e. The topological polar surface area (TPSA) is 71.1 Å². The van der Waals surface area contributed by atoms with Crippen LogP contribution >= 0.6 is 0 Å². The van der Waals surface area contributed by atoms with Crippen molar-refractivity contribution in [2.75, 3.05) is 5.32 Å². The van der Waals surface area contributed by atoms with Gasteiger partial charge in [-0.1, -0.05) is 18.2 Å². The van der Waals surface area contributed by atoms with Crippen molar-refractivity contribution in [2.24, 2.45) is 0 Å². The summed E-state index contributed by atoms with van der Waals surface area (Å²) in [6.07, 6.45) is 3.78. The van der Waals surface area contributed by atoms with E-state index >= 15 is 0 Å². The first-order valence-electron chi connectivity index (χ1n) is 8.27. The Hall–Kier alpha value is -3.21. The maximum absolute atomic E-state index is 12.7. The molecule has 1 fully saturated rings. The maximum Gasteiger partial charge on any atom is 0.256 e. The Morgan fingerprint density at radius 3 is 2.64 bits per heavy atom. The van der Waals surface area contributed by atoms with Crippen molar-refractivity contribution >= 4 is 28.4 Å². The van der Waals surface area contributed by atoms with Crippen LogP contribution in [0.4, 0.5) is 5.69 Å². The Labute approximate surface area is 145 Å². The average Bonchev–Trinajstić information content (AvgIpc) is 3.45. The second-order valence-electron chi connectivity index (χ2n) is 6.16. The van der Waals surface area contributed by atoms with Crippen LogP contribution in [-0.2, 0) is 0 Å². The predicted octanol–water partition coefficient (Wildman–Crippen LogP) is 3.38. The lowest BCUT2D eigenvalue weighted by molar-refractivity contribution is 0.0949. The third kappa shape index (κ3) is 3.35. The fourth-order valence-corrected chi connectivity index (χ4v) is 2.73. The van der Waals surface area contributed by atoms with Crippen molar-refractivity contribution in [3.63, 3.8) is 0 Å². The van der Waals surface area contributed by atoms with E-state index in [-0.39, 0.29) is 11.8 Å². The summed E-state index contributed by atoms with van der Waals surface area (Å²) >= 11 is 0. The largest absolute Gasteiger partial charge is 0.349 e. The van der Waals surface area contributed by atoms with Gasteiger partial charge >= 0.3 is 0 Å². The molecule has 124 valence electrons. The second-order valence-corrected chi connectivity index (χ2v) is 6.16. The van der Waals surface area contributed by atoms with Crippen LogP contribution in [0.25, 0.3) is 10.9 Å². The van der Waals surface area contributed by atoms with Gasteiger partial charge in [-0.15, -0.1) is 0 Å². The van der Waals surface area contributed by atoms with Gasteiger partial charge < -0.3 is 10.6 Å². The van der Waals surface area contributed by atoms with Crippen LogP contribution in [0.5, 0.6) is 0 Å². The lowest BCUT2D eigenvalue weighted by Crippen LogP contribution is -2.25. The molecule has 1 heterocycles. The monoisotopic (exact) mass is 331 g/mol. The van der Waals surface area contributed by atoms with E-state index in [0.29, 0.717) is 22.9 Å². The smallest absolute Gasteiger partial charge is 0.256 e. The number of benzene rings is 2. The zero-order valence-corrected chi connectivity index (χ0v) is 13.5. The number of rotatable bonds is 4. The van der Waals surface area contributed by atoms with E-state index in [4.69, 9.17) is 0 Å². The van der Waals surface area contributed by atoms with E-state index in [2.05, 4.69) is 15.6 Å². The Morgan fingerprint density at radius 2 is 1.80 bits per heavy atom. The van der Waals surface area contributed by atoms with E-state index in [1.54, 1.807) is 36.5 Å². The molecule has 5 heteroatoms. The fourth-order valence-electron chi connectivity index (χ4n) is 2.73. The van der Waals surface area contributed by atoms with E-state index in [0.717, 1.165) is 23.7 Å². The number of fused-ring (bicyclic) bond motifs is 1. The molecule has 0 unspecified atom stereocenters. The number of pyridine rings is 1. The van der Waals surface area contributed by atoms with Gasteiger partial charge in [0.2, 0.25) is 0 Å². The van der Waals surface area contributed by atoms with Crippen LogP contribution in [0.1, 0.15) is 33.6 Å². The van der Waals surface area contributed by atoms with Crippen molar-refractivity contribution in [3.8, 4) is 0 Å². The zero-order chi connectivity index (χ0) is 17.2. The van der Waals surface area contributed by atoms with Gasteiger partial charge in [-0.05, 0) is 49.2 Å². The molecule has 3 aromatic rings. The van der Waals surface area contributed by atoms with Gasteiger partial charge in [0.15, 0.2) is 0 Å². The van der Waals surface area contributed by atoms with Gasteiger partial charge in [-0.25, -0.2) is 0 Å². The standard InChI is InChI=1S/C20H17N3O2/c24-19(22-14-9-10-14)13-4-1-5-15(12-13)23-20(25)17-6-2-8-18-16(17)7-3-11-21-18/h1-8,11-12,14H,9-10H2,(H,22,24)(H,23,25). The summed E-state index contributed by atoms with van der Waals surface area (Å²) in [4.78, 5) is 29.1. The molecule has 1 aliphatic carbocycles. The lowest BCUT2D eigenvalue weighted by Gasteiger charge is -2.09. The van der Waals surface area contributed by atoms with Gasteiger partial charge in [0.25, 0.3) is 11.8 Å². The molecule has 1 aliphatic rings. The van der Waals surface area contributed by atoms with Gasteiger partial charge in [0.05, 0.1) is 5.52 Å². The van der Waals surface area contributed by atoms with E-state index < -0.39 is 0 Å². The first kappa shape index (κ1) is 15.3. The molecule has 0 atom stereocenters. The average molecular weight is 331 g/mol. The molecule has 1 saturated carbocycles. The first-order chi connectivity index (χ1) is 12.2. The van der Waals surface area contributed by atoms with Crippen molar-refractivity contribution in [1.82, 2.24) is 10.3 Å². The van der Waals surface area contributed by atoms with E-state index in [1.165, 1.54) is 0 Å². The molecule has 0 spiro atoms. The number of hydrogen-bond donors (Lipinski definition) is 2. The number of hydrogen-bond acceptors (Lipinski definition) is 3. The predicted molar refractivity (Wildman–Crippen MR) is 96.6 cm³/mol. The van der Waals surface area contributed by atoms with Gasteiger partial charge in [-0.2, -0.15) is 0 Å². The Morgan fingerprint density at radius 1 is 0.960 bits per heavy atom. The Balaban J connectivity index is 1.57. The number of anilines is 1. The molecule has 0 bridgehead atoms. The highest BCUT2D eigenvalue weighted by Crippen LogP contribution is 2.21. The highest BCUT2D eigenvalue weighted by molar-refractivity contribution is 6.12. The molecule has 1 aromatic heterocycles. The summed E-state index contributed by atoms with van der Waals surface area (Å²) in [5.41, 5.74) is 2.46. The molecule has 0 aliphatic heterocycles. The minimum absolute atomic E-state index is 0.104. The zero-order valence-electron chi connectivity index (χ0n) is 13.5. The minimum atomic E-state index is -0.224. The summed E-state index contributed by atoms with van der Waals surface area (Å²) < 4.78 is 0. The van der Waals surface area contributed by atoms with Crippen molar-refractivity contribution < 1.29 is 9.59 Å². The molecule has 25 heavy (non-hydrogen) atoms. The SMILES string of the molecule is O=C(NC1CC1)c1cccc(NC(=O)c2cccc3ncccc23)c1. The Bertz CT molecular complexity index is 959. The highest BCUT2D eigenvalue weighted by atomic mass is 16.2. The second kappa shape index (κ2) is 6.36. The van der Waals surface area contributed by atoms with Crippen LogP contribution in [-0.4, -0.2) is 22.8 Å². The van der Waals surface area contributed by atoms with Crippen LogP contribution in [0.15, 0.2) is 60.8 Å². The molecular formula is C20H17N3O2. The number of carbonyl (C=O) groups is 2. The Kier molecular flexibility index (Phi) is 3.90. The quantitative estimate of drug-likeness (QED) is 0.770. The van der Waals surface area contributed by atoms with Crippen LogP contribution < -0.4 is 10.6 Å². The van der Waals surface area contributed by atoms with E-state index in [9.17, 15) is 9.59 Å². The summed E-state index contributed by atoms with van der Waals surface area (Å²) in [5, 5.41) is 6.61. The van der Waals surface area contributed by atoms with Gasteiger partial charge in [0.1, 0.15) is 0 Å². The van der Waals surface area contributed by atoms with Crippen LogP contribution in [0.3, 0.4) is 0 Å². The summed E-state index contributed by atoms with van der Waals surface area (Å²) in [7, 11) is 0. The molecule has 2 amide bonds. The molecule has 4 rings (SSSR count). The lowest BCUT2D eigenvalue weighted by atomic mass is 10.1. The molecule has 0 radical (unpaired) electrons. The maximum atomic E-state index is 12.7. The molecule has 5 nitrogen and oxygen atoms in total. The molecular weight excluding hydrogens is 314 g/mol. The molecule has 2 aromatic carbocycles. The third-order valence-corrected chi connectivity index (χ3v) is 4.19. The third-order valence-electron chi connectivity index (χ3n) is 4.19. The number of nitrogens with zero attached hydrogens (tertiary/aromatic N) is 1. The van der Waals surface area contributed by atoms with Crippen LogP contribution in [0, 0.1) is 0 Å². The van der Waals surface area contributed by atoms with Crippen molar-refractivity contribution in [2.45, 2.75) is 18.9 Å². The van der Waals surface area contributed by atoms with Gasteiger partial charge in [-0.3, -0.25) is 14.6 Å². The number of amides is 2. The molecule has 0 saturated heterocycles. The van der Waals surface area contributed by atoms with E-state index in [1.807, 2.05) is 24.3 Å². The van der Waals surface area contributed by atoms with Crippen LogP contribution in [0.2, 0.25) is 0 Å². The molecule has 2 N–H and O–H groups in total. The van der Waals surface area contributed by atoms with Gasteiger partial charge in [0, 0.05) is 34.4 Å². The summed E-state index contributed by atoms with van der Waals surface area (Å²) in [5.74, 6) is -0.327.